The molecule has 4 heteroatoms. The molecule has 2 aromatic rings. The SMILES string of the molecule is CCc1nccn1C(c1cccc(F)c1)C(N)CC. The van der Waals surface area contributed by atoms with Gasteiger partial charge in [0.2, 0.25) is 0 Å². The minimum Gasteiger partial charge on any atom is -0.326 e. The summed E-state index contributed by atoms with van der Waals surface area (Å²) in [5.74, 6) is 0.738. The van der Waals surface area contributed by atoms with Gasteiger partial charge in [0.05, 0.1) is 6.04 Å². The van der Waals surface area contributed by atoms with Crippen LogP contribution in [-0.4, -0.2) is 15.6 Å². The second kappa shape index (κ2) is 5.97. The van der Waals surface area contributed by atoms with Crippen molar-refractivity contribution in [3.63, 3.8) is 0 Å². The van der Waals surface area contributed by atoms with Crippen LogP contribution in [0.25, 0.3) is 0 Å². The molecule has 2 unspecified atom stereocenters. The lowest BCUT2D eigenvalue weighted by Gasteiger charge is -2.26. The van der Waals surface area contributed by atoms with E-state index in [1.54, 1.807) is 18.3 Å². The Balaban J connectivity index is 2.47. The molecule has 2 atom stereocenters. The summed E-state index contributed by atoms with van der Waals surface area (Å²) in [4.78, 5) is 4.33. The maximum absolute atomic E-state index is 13.5. The first-order chi connectivity index (χ1) is 9.17. The fraction of sp³-hybridized carbons (Fsp3) is 0.400. The lowest BCUT2D eigenvalue weighted by molar-refractivity contribution is 0.445. The maximum atomic E-state index is 13.5. The summed E-state index contributed by atoms with van der Waals surface area (Å²) in [6.45, 7) is 4.10. The molecule has 0 aliphatic carbocycles. The number of hydrogen-bond acceptors (Lipinski definition) is 2. The lowest BCUT2D eigenvalue weighted by atomic mass is 9.97. The minimum absolute atomic E-state index is 0.0682. The lowest BCUT2D eigenvalue weighted by Crippen LogP contribution is -2.33. The molecular formula is C15H20FN3. The number of imidazole rings is 1. The van der Waals surface area contributed by atoms with Crippen molar-refractivity contribution in [3.8, 4) is 0 Å². The first-order valence-electron chi connectivity index (χ1n) is 6.70. The van der Waals surface area contributed by atoms with E-state index in [4.69, 9.17) is 5.73 Å². The first kappa shape index (κ1) is 13.7. The molecule has 0 saturated carbocycles. The number of aryl methyl sites for hydroxylation is 1. The summed E-state index contributed by atoms with van der Waals surface area (Å²) >= 11 is 0. The van der Waals surface area contributed by atoms with Crippen molar-refractivity contribution in [2.24, 2.45) is 5.73 Å². The predicted molar refractivity (Wildman–Crippen MR) is 74.4 cm³/mol. The average molecular weight is 261 g/mol. The predicted octanol–water partition coefficient (Wildman–Crippen LogP) is 2.91. The van der Waals surface area contributed by atoms with E-state index in [0.29, 0.717) is 0 Å². The van der Waals surface area contributed by atoms with Crippen molar-refractivity contribution in [1.82, 2.24) is 9.55 Å². The van der Waals surface area contributed by atoms with Gasteiger partial charge in [-0.05, 0) is 24.1 Å². The van der Waals surface area contributed by atoms with E-state index in [1.807, 2.05) is 19.2 Å². The van der Waals surface area contributed by atoms with E-state index in [-0.39, 0.29) is 17.9 Å². The summed E-state index contributed by atoms with van der Waals surface area (Å²) in [7, 11) is 0. The number of rotatable bonds is 5. The monoisotopic (exact) mass is 261 g/mol. The van der Waals surface area contributed by atoms with E-state index < -0.39 is 0 Å². The van der Waals surface area contributed by atoms with Crippen LogP contribution in [0.4, 0.5) is 4.39 Å². The number of aromatic nitrogens is 2. The molecule has 1 heterocycles. The Morgan fingerprint density at radius 1 is 1.37 bits per heavy atom. The molecule has 0 radical (unpaired) electrons. The molecular weight excluding hydrogens is 241 g/mol. The van der Waals surface area contributed by atoms with Crippen LogP contribution in [0.1, 0.15) is 37.7 Å². The molecule has 0 aliphatic heterocycles. The molecule has 1 aromatic carbocycles. The number of halogens is 1. The molecule has 0 spiro atoms. The maximum Gasteiger partial charge on any atom is 0.123 e. The highest BCUT2D eigenvalue weighted by Gasteiger charge is 2.22. The van der Waals surface area contributed by atoms with E-state index in [2.05, 4.69) is 16.5 Å². The fourth-order valence-corrected chi connectivity index (χ4v) is 2.40. The summed E-state index contributed by atoms with van der Waals surface area (Å²) in [6.07, 6.45) is 5.34. The van der Waals surface area contributed by atoms with Crippen molar-refractivity contribution in [2.45, 2.75) is 38.8 Å². The quantitative estimate of drug-likeness (QED) is 0.899. The molecule has 19 heavy (non-hydrogen) atoms. The topological polar surface area (TPSA) is 43.8 Å². The average Bonchev–Trinajstić information content (AvgIpc) is 2.87. The van der Waals surface area contributed by atoms with Crippen molar-refractivity contribution < 1.29 is 4.39 Å². The van der Waals surface area contributed by atoms with E-state index in [0.717, 1.165) is 24.2 Å². The zero-order valence-electron chi connectivity index (χ0n) is 11.4. The molecule has 0 fully saturated rings. The van der Waals surface area contributed by atoms with E-state index in [1.165, 1.54) is 6.07 Å². The number of hydrogen-bond donors (Lipinski definition) is 1. The van der Waals surface area contributed by atoms with Crippen molar-refractivity contribution in [3.05, 3.63) is 53.9 Å². The summed E-state index contributed by atoms with van der Waals surface area (Å²) in [6, 6.07) is 6.51. The van der Waals surface area contributed by atoms with Crippen molar-refractivity contribution >= 4 is 0 Å². The van der Waals surface area contributed by atoms with Crippen LogP contribution in [0.5, 0.6) is 0 Å². The van der Waals surface area contributed by atoms with Gasteiger partial charge in [-0.2, -0.15) is 0 Å². The molecule has 2 N–H and O–H groups in total. The van der Waals surface area contributed by atoms with Gasteiger partial charge in [-0.3, -0.25) is 0 Å². The normalized spacial score (nSPS) is 14.3. The minimum atomic E-state index is -0.232. The van der Waals surface area contributed by atoms with Gasteiger partial charge in [-0.15, -0.1) is 0 Å². The van der Waals surface area contributed by atoms with Gasteiger partial charge >= 0.3 is 0 Å². The molecule has 3 nitrogen and oxygen atoms in total. The van der Waals surface area contributed by atoms with Crippen LogP contribution in [0.15, 0.2) is 36.7 Å². The third kappa shape index (κ3) is 2.84. The highest BCUT2D eigenvalue weighted by molar-refractivity contribution is 5.23. The third-order valence-corrected chi connectivity index (χ3v) is 3.43. The Hall–Kier alpha value is -1.68. The van der Waals surface area contributed by atoms with E-state index >= 15 is 0 Å². The third-order valence-electron chi connectivity index (χ3n) is 3.43. The number of benzene rings is 1. The molecule has 102 valence electrons. The second-order valence-electron chi connectivity index (χ2n) is 4.68. The molecule has 0 saturated heterocycles. The molecule has 2 rings (SSSR count). The van der Waals surface area contributed by atoms with Crippen LogP contribution in [-0.2, 0) is 6.42 Å². The van der Waals surface area contributed by atoms with Crippen molar-refractivity contribution in [1.29, 1.82) is 0 Å². The highest BCUT2D eigenvalue weighted by Crippen LogP contribution is 2.25. The second-order valence-corrected chi connectivity index (χ2v) is 4.68. The van der Waals surface area contributed by atoms with Gasteiger partial charge < -0.3 is 10.3 Å². The Kier molecular flexibility index (Phi) is 4.32. The largest absolute Gasteiger partial charge is 0.326 e. The van der Waals surface area contributed by atoms with E-state index in [9.17, 15) is 4.39 Å². The molecule has 0 aliphatic rings. The van der Waals surface area contributed by atoms with Gasteiger partial charge in [-0.25, -0.2) is 9.37 Å². The van der Waals surface area contributed by atoms with Crippen LogP contribution in [0.3, 0.4) is 0 Å². The van der Waals surface area contributed by atoms with Crippen LogP contribution < -0.4 is 5.73 Å². The molecule has 1 aromatic heterocycles. The van der Waals surface area contributed by atoms with Gasteiger partial charge in [0.1, 0.15) is 11.6 Å². The Bertz CT molecular complexity index is 536. The smallest absolute Gasteiger partial charge is 0.123 e. The van der Waals surface area contributed by atoms with Gasteiger partial charge in [0.15, 0.2) is 0 Å². The van der Waals surface area contributed by atoms with Crippen LogP contribution in [0, 0.1) is 5.82 Å². The highest BCUT2D eigenvalue weighted by atomic mass is 19.1. The first-order valence-corrected chi connectivity index (χ1v) is 6.70. The Morgan fingerprint density at radius 2 is 2.16 bits per heavy atom. The zero-order valence-corrected chi connectivity index (χ0v) is 11.4. The summed E-state index contributed by atoms with van der Waals surface area (Å²) in [5.41, 5.74) is 7.13. The van der Waals surface area contributed by atoms with Crippen LogP contribution in [0.2, 0.25) is 0 Å². The fourth-order valence-electron chi connectivity index (χ4n) is 2.40. The summed E-state index contributed by atoms with van der Waals surface area (Å²) in [5, 5.41) is 0. The molecule has 0 bridgehead atoms. The van der Waals surface area contributed by atoms with Gasteiger partial charge in [0, 0.05) is 24.9 Å². The standard InChI is InChI=1S/C15H20FN3/c1-3-13(17)15(11-6-5-7-12(16)10-11)19-9-8-18-14(19)4-2/h5-10,13,15H,3-4,17H2,1-2H3. The zero-order chi connectivity index (χ0) is 13.8. The van der Waals surface area contributed by atoms with Crippen molar-refractivity contribution in [2.75, 3.05) is 0 Å². The number of nitrogens with two attached hydrogens (primary N) is 1. The molecule has 0 amide bonds. The Morgan fingerprint density at radius 3 is 2.79 bits per heavy atom. The summed E-state index contributed by atoms with van der Waals surface area (Å²) < 4.78 is 15.5. The Labute approximate surface area is 113 Å². The van der Waals surface area contributed by atoms with Crippen LogP contribution >= 0.6 is 0 Å². The van der Waals surface area contributed by atoms with Gasteiger partial charge in [0.25, 0.3) is 0 Å². The van der Waals surface area contributed by atoms with Gasteiger partial charge in [-0.1, -0.05) is 26.0 Å². The number of nitrogens with zero attached hydrogens (tertiary/aromatic N) is 2.